The molecule has 3 N–H and O–H groups in total. The fourth-order valence-electron chi connectivity index (χ4n) is 1.09. The van der Waals surface area contributed by atoms with Gasteiger partial charge >= 0.3 is 0 Å². The largest absolute Gasteiger partial charge is 0.504 e. The van der Waals surface area contributed by atoms with Gasteiger partial charge in [-0.25, -0.2) is 0 Å². The van der Waals surface area contributed by atoms with Crippen molar-refractivity contribution >= 4 is 0 Å². The van der Waals surface area contributed by atoms with E-state index < -0.39 is 11.5 Å². The summed E-state index contributed by atoms with van der Waals surface area (Å²) in [5.74, 6) is -1.59. The molecular formula is C9H9NO3. The van der Waals surface area contributed by atoms with E-state index in [0.29, 0.717) is 11.1 Å². The summed E-state index contributed by atoms with van der Waals surface area (Å²) in [5, 5.41) is 36.3. The molecule has 0 aliphatic heterocycles. The van der Waals surface area contributed by atoms with Crippen LogP contribution < -0.4 is 0 Å². The van der Waals surface area contributed by atoms with E-state index in [1.54, 1.807) is 19.9 Å². The second kappa shape index (κ2) is 2.87. The molecule has 0 heterocycles. The van der Waals surface area contributed by atoms with Gasteiger partial charge in [-0.1, -0.05) is 0 Å². The van der Waals surface area contributed by atoms with Crippen molar-refractivity contribution in [3.05, 3.63) is 16.7 Å². The molecule has 13 heavy (non-hydrogen) atoms. The summed E-state index contributed by atoms with van der Waals surface area (Å²) >= 11 is 0. The molecule has 4 heteroatoms. The molecule has 0 radical (unpaired) electrons. The minimum Gasteiger partial charge on any atom is -0.504 e. The first-order chi connectivity index (χ1) is 6.00. The Morgan fingerprint density at radius 3 is 1.92 bits per heavy atom. The highest BCUT2D eigenvalue weighted by Gasteiger charge is 2.17. The Bertz CT molecular complexity index is 375. The molecule has 0 fully saturated rings. The van der Waals surface area contributed by atoms with E-state index in [4.69, 9.17) is 5.26 Å². The Morgan fingerprint density at radius 1 is 0.923 bits per heavy atom. The molecule has 4 nitrogen and oxygen atoms in total. The molecule has 0 atom stereocenters. The summed E-state index contributed by atoms with van der Waals surface area (Å²) in [6.07, 6.45) is 0. The Morgan fingerprint density at radius 2 is 1.46 bits per heavy atom. The number of nitriles is 1. The Hall–Kier alpha value is -1.89. The maximum absolute atomic E-state index is 9.27. The molecule has 0 bridgehead atoms. The predicted molar refractivity (Wildman–Crippen MR) is 45.6 cm³/mol. The molecule has 0 aliphatic carbocycles. The van der Waals surface area contributed by atoms with E-state index in [0.717, 1.165) is 0 Å². The number of hydrogen-bond acceptors (Lipinski definition) is 4. The summed E-state index contributed by atoms with van der Waals surface area (Å²) in [6, 6.07) is 1.75. The van der Waals surface area contributed by atoms with Gasteiger partial charge in [-0.15, -0.1) is 0 Å². The number of rotatable bonds is 0. The van der Waals surface area contributed by atoms with Gasteiger partial charge in [0.05, 0.1) is 0 Å². The number of nitrogens with zero attached hydrogens (tertiary/aromatic N) is 1. The van der Waals surface area contributed by atoms with Crippen LogP contribution in [0.3, 0.4) is 0 Å². The number of benzene rings is 1. The fraction of sp³-hybridized carbons (Fsp3) is 0.222. The molecule has 1 aromatic rings. The van der Waals surface area contributed by atoms with Crippen molar-refractivity contribution in [1.29, 1.82) is 5.26 Å². The summed E-state index contributed by atoms with van der Waals surface area (Å²) in [5.41, 5.74) is 0.856. The summed E-state index contributed by atoms with van der Waals surface area (Å²) in [6.45, 7) is 3.15. The van der Waals surface area contributed by atoms with E-state index in [9.17, 15) is 15.3 Å². The molecule has 1 aromatic carbocycles. The van der Waals surface area contributed by atoms with E-state index >= 15 is 0 Å². The molecule has 0 aromatic heterocycles. The number of phenolic OH excluding ortho intramolecular Hbond substituents is 3. The minimum absolute atomic E-state index is 0.00667. The minimum atomic E-state index is -0.639. The lowest BCUT2D eigenvalue weighted by Crippen LogP contribution is -1.89. The quantitative estimate of drug-likeness (QED) is 0.524. The molecular weight excluding hydrogens is 170 g/mol. The first-order valence-electron chi connectivity index (χ1n) is 3.64. The molecule has 68 valence electrons. The van der Waals surface area contributed by atoms with Gasteiger partial charge in [0.25, 0.3) is 0 Å². The summed E-state index contributed by atoms with van der Waals surface area (Å²) in [7, 11) is 0. The average molecular weight is 179 g/mol. The predicted octanol–water partition coefficient (Wildman–Crippen LogP) is 1.29. The Kier molecular flexibility index (Phi) is 2.03. The highest BCUT2D eigenvalue weighted by Crippen LogP contribution is 2.41. The van der Waals surface area contributed by atoms with E-state index in [2.05, 4.69) is 0 Å². The van der Waals surface area contributed by atoms with Crippen LogP contribution >= 0.6 is 0 Å². The van der Waals surface area contributed by atoms with Gasteiger partial charge in [-0.3, -0.25) is 0 Å². The summed E-state index contributed by atoms with van der Waals surface area (Å²) < 4.78 is 0. The Labute approximate surface area is 75.3 Å². The molecule has 1 rings (SSSR count). The van der Waals surface area contributed by atoms with Crippen molar-refractivity contribution in [2.75, 3.05) is 0 Å². The van der Waals surface area contributed by atoms with Gasteiger partial charge in [-0.05, 0) is 25.0 Å². The van der Waals surface area contributed by atoms with Gasteiger partial charge in [0.15, 0.2) is 11.5 Å². The maximum atomic E-state index is 9.27. The van der Waals surface area contributed by atoms with Gasteiger partial charge < -0.3 is 15.3 Å². The standard InChI is InChI=1S/C9H9NO3/c1-4-5(2)7(11)9(13)8(12)6(4)3-10/h11-13H,1-2H3. The molecule has 0 aliphatic rings. The molecule has 0 unspecified atom stereocenters. The lowest BCUT2D eigenvalue weighted by molar-refractivity contribution is 0.364. The fourth-order valence-corrected chi connectivity index (χ4v) is 1.09. The van der Waals surface area contributed by atoms with Crippen LogP contribution in [0, 0.1) is 25.2 Å². The van der Waals surface area contributed by atoms with Crippen LogP contribution in [0.4, 0.5) is 0 Å². The normalized spacial score (nSPS) is 9.62. The van der Waals surface area contributed by atoms with Crippen molar-refractivity contribution in [1.82, 2.24) is 0 Å². The smallest absolute Gasteiger partial charge is 0.201 e. The van der Waals surface area contributed by atoms with Gasteiger partial charge in [0, 0.05) is 0 Å². The third-order valence-electron chi connectivity index (χ3n) is 2.09. The lowest BCUT2D eigenvalue weighted by Gasteiger charge is -2.09. The number of aromatic hydroxyl groups is 3. The van der Waals surface area contributed by atoms with Crippen molar-refractivity contribution < 1.29 is 15.3 Å². The SMILES string of the molecule is Cc1c(C)c(C#N)c(O)c(O)c1O. The average Bonchev–Trinajstić information content (AvgIpc) is 2.13. The zero-order valence-corrected chi connectivity index (χ0v) is 7.29. The van der Waals surface area contributed by atoms with Gasteiger partial charge in [0.1, 0.15) is 11.6 Å². The van der Waals surface area contributed by atoms with Crippen molar-refractivity contribution in [3.8, 4) is 23.3 Å². The van der Waals surface area contributed by atoms with Crippen LogP contribution in [-0.4, -0.2) is 15.3 Å². The Balaban J connectivity index is 3.69. The maximum Gasteiger partial charge on any atom is 0.201 e. The van der Waals surface area contributed by atoms with E-state index in [1.165, 1.54) is 0 Å². The van der Waals surface area contributed by atoms with E-state index in [1.807, 2.05) is 0 Å². The van der Waals surface area contributed by atoms with Crippen molar-refractivity contribution in [2.24, 2.45) is 0 Å². The van der Waals surface area contributed by atoms with Crippen LogP contribution in [0.1, 0.15) is 16.7 Å². The van der Waals surface area contributed by atoms with Gasteiger partial charge in [0.2, 0.25) is 5.75 Å². The zero-order valence-electron chi connectivity index (χ0n) is 7.29. The monoisotopic (exact) mass is 179 g/mol. The lowest BCUT2D eigenvalue weighted by atomic mass is 10.0. The zero-order chi connectivity index (χ0) is 10.2. The summed E-state index contributed by atoms with van der Waals surface area (Å²) in [4.78, 5) is 0. The van der Waals surface area contributed by atoms with Crippen LogP contribution in [0.15, 0.2) is 0 Å². The third-order valence-corrected chi connectivity index (χ3v) is 2.09. The highest BCUT2D eigenvalue weighted by molar-refractivity contribution is 5.64. The second-order valence-corrected chi connectivity index (χ2v) is 2.78. The van der Waals surface area contributed by atoms with Crippen molar-refractivity contribution in [2.45, 2.75) is 13.8 Å². The van der Waals surface area contributed by atoms with Crippen LogP contribution in [-0.2, 0) is 0 Å². The number of hydrogen-bond donors (Lipinski definition) is 3. The van der Waals surface area contributed by atoms with E-state index in [-0.39, 0.29) is 11.3 Å². The third kappa shape index (κ3) is 1.14. The highest BCUT2D eigenvalue weighted by atomic mass is 16.3. The number of phenols is 3. The molecule has 0 spiro atoms. The van der Waals surface area contributed by atoms with Crippen LogP contribution in [0.2, 0.25) is 0 Å². The van der Waals surface area contributed by atoms with Crippen molar-refractivity contribution in [3.63, 3.8) is 0 Å². The van der Waals surface area contributed by atoms with Crippen LogP contribution in [0.5, 0.6) is 17.2 Å². The van der Waals surface area contributed by atoms with Gasteiger partial charge in [-0.2, -0.15) is 5.26 Å². The molecule has 0 saturated heterocycles. The van der Waals surface area contributed by atoms with Crippen LogP contribution in [0.25, 0.3) is 0 Å². The first-order valence-corrected chi connectivity index (χ1v) is 3.64. The second-order valence-electron chi connectivity index (χ2n) is 2.78. The first kappa shape index (κ1) is 9.20. The molecule has 0 amide bonds. The molecule has 0 saturated carbocycles. The topological polar surface area (TPSA) is 84.5 Å².